The number of nitrogens with one attached hydrogen (secondary N) is 2. The highest BCUT2D eigenvalue weighted by atomic mass is 35.5. The molecular weight excluding hydrogens is 569 g/mol. The number of carbonyl (C=O) groups excluding carboxylic acids is 1. The van der Waals surface area contributed by atoms with Gasteiger partial charge in [0.1, 0.15) is 28.3 Å². The van der Waals surface area contributed by atoms with Crippen molar-refractivity contribution in [3.63, 3.8) is 0 Å². The van der Waals surface area contributed by atoms with Crippen LogP contribution < -0.4 is 15.4 Å². The van der Waals surface area contributed by atoms with E-state index in [-0.39, 0.29) is 5.11 Å². The summed E-state index contributed by atoms with van der Waals surface area (Å²) >= 11 is 17.8. The van der Waals surface area contributed by atoms with Gasteiger partial charge in [-0.15, -0.1) is 10.2 Å². The molecule has 0 bridgehead atoms. The molecule has 11 heteroatoms. The highest BCUT2D eigenvalue weighted by molar-refractivity contribution is 7.80. The van der Waals surface area contributed by atoms with Crippen LogP contribution in [0, 0.1) is 13.8 Å². The Morgan fingerprint density at radius 2 is 1.75 bits per heavy atom. The molecule has 0 aliphatic heterocycles. The Balaban J connectivity index is 1.24. The molecule has 3 aromatic carbocycles. The highest BCUT2D eigenvalue weighted by Gasteiger charge is 2.12. The number of furan rings is 1. The lowest BCUT2D eigenvalue weighted by molar-refractivity contribution is -0.115. The van der Waals surface area contributed by atoms with Gasteiger partial charge in [0.25, 0.3) is 0 Å². The van der Waals surface area contributed by atoms with Gasteiger partial charge in [-0.25, -0.2) is 0 Å². The normalized spacial score (nSPS) is 11.2. The molecule has 2 heterocycles. The molecule has 2 aromatic heterocycles. The number of aromatic nitrogens is 3. The summed E-state index contributed by atoms with van der Waals surface area (Å²) in [6, 6.07) is 18.3. The SMILES string of the molecule is COc1ccc(-n2nc3cc(C)c(NC(=S)NC(=O)/C=C/c4ccc(-c5ccc(C)c(Cl)c5)o4)cc3n2)cc1Cl. The number of rotatable bonds is 6. The van der Waals surface area contributed by atoms with Crippen LogP contribution in [0.3, 0.4) is 0 Å². The summed E-state index contributed by atoms with van der Waals surface area (Å²) in [7, 11) is 1.56. The number of amides is 1. The Hall–Kier alpha value is -4.18. The van der Waals surface area contributed by atoms with Crippen molar-refractivity contribution in [2.24, 2.45) is 0 Å². The Bertz CT molecular complexity index is 1790. The zero-order valence-corrected chi connectivity index (χ0v) is 24.0. The maximum absolute atomic E-state index is 12.5. The lowest BCUT2D eigenvalue weighted by Gasteiger charge is -2.10. The van der Waals surface area contributed by atoms with Gasteiger partial charge in [0.2, 0.25) is 5.91 Å². The predicted molar refractivity (Wildman–Crippen MR) is 162 cm³/mol. The summed E-state index contributed by atoms with van der Waals surface area (Å²) in [4.78, 5) is 14.0. The molecule has 0 unspecified atom stereocenters. The van der Waals surface area contributed by atoms with Crippen LogP contribution in [0.15, 0.2) is 71.2 Å². The van der Waals surface area contributed by atoms with Gasteiger partial charge in [-0.05, 0) is 91.8 Å². The van der Waals surface area contributed by atoms with Crippen molar-refractivity contribution < 1.29 is 13.9 Å². The second kappa shape index (κ2) is 11.5. The Kier molecular flexibility index (Phi) is 7.88. The van der Waals surface area contributed by atoms with Crippen LogP contribution in [0.2, 0.25) is 10.0 Å². The summed E-state index contributed by atoms with van der Waals surface area (Å²) in [6.07, 6.45) is 2.92. The number of benzene rings is 3. The third kappa shape index (κ3) is 6.02. The largest absolute Gasteiger partial charge is 0.495 e. The fourth-order valence-electron chi connectivity index (χ4n) is 3.91. The van der Waals surface area contributed by atoms with E-state index in [2.05, 4.69) is 20.8 Å². The van der Waals surface area contributed by atoms with Gasteiger partial charge in [-0.3, -0.25) is 10.1 Å². The minimum Gasteiger partial charge on any atom is -0.495 e. The van der Waals surface area contributed by atoms with E-state index in [0.717, 1.165) is 16.7 Å². The minimum atomic E-state index is -0.408. The standard InChI is InChI=1S/C29H23Cl2N5O3S/c1-16-4-5-18(13-21(16)30)26-10-7-20(39-26)8-11-28(37)33-29(40)32-23-15-25-24(12-17(23)2)34-36(35-25)19-6-9-27(38-3)22(31)14-19/h4-15H,1-3H3,(H2,32,33,37,40)/b11-8+. The third-order valence-electron chi connectivity index (χ3n) is 6.06. The van der Waals surface area contributed by atoms with Crippen LogP contribution in [-0.4, -0.2) is 33.1 Å². The molecule has 0 fully saturated rings. The maximum Gasteiger partial charge on any atom is 0.250 e. The zero-order valence-electron chi connectivity index (χ0n) is 21.7. The number of carbonyl (C=O) groups is 1. The van der Waals surface area contributed by atoms with Gasteiger partial charge < -0.3 is 14.5 Å². The average molecular weight is 593 g/mol. The smallest absolute Gasteiger partial charge is 0.250 e. The van der Waals surface area contributed by atoms with Crippen molar-refractivity contribution in [3.8, 4) is 22.8 Å². The molecule has 0 radical (unpaired) electrons. The number of methoxy groups -OCH3 is 1. The van der Waals surface area contributed by atoms with E-state index in [9.17, 15) is 4.79 Å². The minimum absolute atomic E-state index is 0.140. The van der Waals surface area contributed by atoms with Crippen molar-refractivity contribution >= 4 is 69.2 Å². The summed E-state index contributed by atoms with van der Waals surface area (Å²) in [5.41, 5.74) is 5.42. The van der Waals surface area contributed by atoms with E-state index < -0.39 is 5.91 Å². The number of halogens is 2. The van der Waals surface area contributed by atoms with Gasteiger partial charge in [0.15, 0.2) is 5.11 Å². The third-order valence-corrected chi connectivity index (χ3v) is 6.97. The van der Waals surface area contributed by atoms with Crippen LogP contribution in [0.4, 0.5) is 5.69 Å². The molecule has 5 rings (SSSR count). The second-order valence-corrected chi connectivity index (χ2v) is 10.1. The molecule has 202 valence electrons. The van der Waals surface area contributed by atoms with Gasteiger partial charge in [-0.1, -0.05) is 35.3 Å². The molecule has 2 N–H and O–H groups in total. The monoisotopic (exact) mass is 591 g/mol. The lowest BCUT2D eigenvalue weighted by Crippen LogP contribution is -2.33. The molecule has 0 atom stereocenters. The quantitative estimate of drug-likeness (QED) is 0.160. The van der Waals surface area contributed by atoms with E-state index in [1.165, 1.54) is 10.9 Å². The topological polar surface area (TPSA) is 94.2 Å². The summed E-state index contributed by atoms with van der Waals surface area (Å²) in [5, 5.41) is 16.0. The molecular formula is C29H23Cl2N5O3S. The maximum atomic E-state index is 12.5. The van der Waals surface area contributed by atoms with Gasteiger partial charge in [0, 0.05) is 22.3 Å². The van der Waals surface area contributed by atoms with Crippen molar-refractivity contribution in [2.75, 3.05) is 12.4 Å². The predicted octanol–water partition coefficient (Wildman–Crippen LogP) is 7.14. The highest BCUT2D eigenvalue weighted by Crippen LogP contribution is 2.28. The first kappa shape index (κ1) is 27.4. The Morgan fingerprint density at radius 3 is 2.48 bits per heavy atom. The van der Waals surface area contributed by atoms with Gasteiger partial charge in [-0.2, -0.15) is 4.80 Å². The van der Waals surface area contributed by atoms with Crippen LogP contribution in [0.25, 0.3) is 34.1 Å². The molecule has 0 aliphatic carbocycles. The molecule has 0 saturated heterocycles. The van der Waals surface area contributed by atoms with Crippen molar-refractivity contribution in [2.45, 2.75) is 13.8 Å². The van der Waals surface area contributed by atoms with Crippen LogP contribution in [0.1, 0.15) is 16.9 Å². The fourth-order valence-corrected chi connectivity index (χ4v) is 4.55. The Labute approximate surface area is 245 Å². The van der Waals surface area contributed by atoms with E-state index in [1.807, 2.05) is 56.3 Å². The first-order valence-electron chi connectivity index (χ1n) is 12.1. The molecule has 40 heavy (non-hydrogen) atoms. The number of hydrogen-bond donors (Lipinski definition) is 2. The van der Waals surface area contributed by atoms with E-state index in [4.69, 9.17) is 44.6 Å². The van der Waals surface area contributed by atoms with Crippen molar-refractivity contribution in [3.05, 3.63) is 93.7 Å². The summed E-state index contributed by atoms with van der Waals surface area (Å²) in [5.74, 6) is 1.33. The van der Waals surface area contributed by atoms with Crippen LogP contribution in [0.5, 0.6) is 5.75 Å². The lowest BCUT2D eigenvalue weighted by atomic mass is 10.1. The molecule has 0 spiro atoms. The fraction of sp³-hybridized carbons (Fsp3) is 0.103. The van der Waals surface area contributed by atoms with E-state index in [0.29, 0.717) is 49.7 Å². The number of nitrogens with zero attached hydrogens (tertiary/aromatic N) is 3. The number of ether oxygens (including phenoxy) is 1. The van der Waals surface area contributed by atoms with Crippen molar-refractivity contribution in [1.29, 1.82) is 0 Å². The van der Waals surface area contributed by atoms with Gasteiger partial charge >= 0.3 is 0 Å². The second-order valence-electron chi connectivity index (χ2n) is 8.91. The number of thiocarbonyl (C=S) groups is 1. The average Bonchev–Trinajstić information content (AvgIpc) is 3.56. The molecule has 0 aliphatic rings. The van der Waals surface area contributed by atoms with E-state index >= 15 is 0 Å². The van der Waals surface area contributed by atoms with Crippen molar-refractivity contribution in [1.82, 2.24) is 20.3 Å². The number of anilines is 1. The first-order valence-corrected chi connectivity index (χ1v) is 13.2. The van der Waals surface area contributed by atoms with Gasteiger partial charge in [0.05, 0.1) is 17.8 Å². The number of fused-ring (bicyclic) bond motifs is 1. The Morgan fingerprint density at radius 1 is 0.975 bits per heavy atom. The summed E-state index contributed by atoms with van der Waals surface area (Å²) < 4.78 is 11.0. The molecule has 8 nitrogen and oxygen atoms in total. The van der Waals surface area contributed by atoms with E-state index in [1.54, 1.807) is 31.4 Å². The summed E-state index contributed by atoms with van der Waals surface area (Å²) in [6.45, 7) is 3.84. The molecule has 0 saturated carbocycles. The first-order chi connectivity index (χ1) is 19.2. The number of hydrogen-bond acceptors (Lipinski definition) is 6. The van der Waals surface area contributed by atoms with Crippen LogP contribution in [-0.2, 0) is 4.79 Å². The number of aryl methyl sites for hydroxylation is 2. The van der Waals surface area contributed by atoms with Crippen LogP contribution >= 0.6 is 35.4 Å². The molecule has 1 amide bonds. The molecule has 5 aromatic rings. The zero-order chi connectivity index (χ0) is 28.4.